The van der Waals surface area contributed by atoms with Gasteiger partial charge < -0.3 is 28.8 Å². The summed E-state index contributed by atoms with van der Waals surface area (Å²) in [6.45, 7) is -1.07. The van der Waals surface area contributed by atoms with Gasteiger partial charge in [-0.05, 0) is 126 Å². The van der Waals surface area contributed by atoms with E-state index < -0.39 is 24.4 Å². The molecule has 2 heterocycles. The van der Waals surface area contributed by atoms with Crippen LogP contribution in [0, 0.1) is 0 Å². The molecule has 2 aromatic heterocycles. The first-order valence-electron chi connectivity index (χ1n) is 21.1. The Morgan fingerprint density at radius 3 is 1.48 bits per heavy atom. The number of aliphatic hydroxyl groups is 2. The Morgan fingerprint density at radius 1 is 0.689 bits per heavy atom. The van der Waals surface area contributed by atoms with Crippen molar-refractivity contribution in [3.63, 3.8) is 0 Å². The molecule has 0 unspecified atom stereocenters. The molecule has 0 radical (unpaired) electrons. The van der Waals surface area contributed by atoms with Crippen LogP contribution in [-0.4, -0.2) is 60.0 Å². The van der Waals surface area contributed by atoms with Gasteiger partial charge >= 0.3 is 13.2 Å². The molecular weight excluding hydrogens is 797 g/mol. The molecule has 4 fully saturated rings. The van der Waals surface area contributed by atoms with Crippen LogP contribution in [0.2, 0.25) is 0 Å². The molecule has 0 bridgehead atoms. The molecule has 61 heavy (non-hydrogen) atoms. The lowest BCUT2D eigenvalue weighted by Gasteiger charge is -2.29. The molecule has 9 rings (SSSR count). The van der Waals surface area contributed by atoms with Gasteiger partial charge in [0.05, 0.1) is 46.1 Å². The first kappa shape index (κ1) is 42.5. The number of rotatable bonds is 15. The Balaban J connectivity index is 0.000000171. The first-order valence-corrected chi connectivity index (χ1v) is 21.1. The van der Waals surface area contributed by atoms with Crippen molar-refractivity contribution in [3.8, 4) is 11.5 Å². The second-order valence-electron chi connectivity index (χ2n) is 17.7. The van der Waals surface area contributed by atoms with Crippen LogP contribution in [0.4, 0.5) is 29.5 Å². The summed E-state index contributed by atoms with van der Waals surface area (Å²) in [5.41, 5.74) is 2.40. The smallest absolute Gasteiger partial charge is 0.387 e. The number of halogens is 4. The summed E-state index contributed by atoms with van der Waals surface area (Å²) in [4.78, 5) is 34.3. The van der Waals surface area contributed by atoms with E-state index in [9.17, 15) is 37.4 Å². The fourth-order valence-electron chi connectivity index (χ4n) is 8.25. The Kier molecular flexibility index (Phi) is 11.8. The minimum atomic E-state index is -2.91. The van der Waals surface area contributed by atoms with Crippen molar-refractivity contribution < 1.29 is 46.8 Å². The molecule has 3 aromatic carbocycles. The van der Waals surface area contributed by atoms with Gasteiger partial charge in [-0.15, -0.1) is 0 Å². The Bertz CT molecular complexity index is 2400. The third-order valence-corrected chi connectivity index (χ3v) is 12.0. The molecule has 4 N–H and O–H groups in total. The third-order valence-electron chi connectivity index (χ3n) is 12.0. The van der Waals surface area contributed by atoms with E-state index in [4.69, 9.17) is 9.47 Å². The number of aromatic nitrogens is 4. The lowest BCUT2D eigenvalue weighted by molar-refractivity contribution is -0.121. The van der Waals surface area contributed by atoms with Crippen LogP contribution < -0.4 is 20.1 Å². The van der Waals surface area contributed by atoms with Gasteiger partial charge in [-0.2, -0.15) is 17.6 Å². The number of benzene rings is 3. The zero-order chi connectivity index (χ0) is 43.2. The van der Waals surface area contributed by atoms with Gasteiger partial charge in [0.15, 0.2) is 0 Å². The van der Waals surface area contributed by atoms with Crippen LogP contribution in [0.25, 0.3) is 22.1 Å². The first-order chi connectivity index (χ1) is 29.0. The maximum atomic E-state index is 13.0. The predicted molar refractivity (Wildman–Crippen MR) is 221 cm³/mol. The number of alkyl halides is 4. The highest BCUT2D eigenvalue weighted by molar-refractivity contribution is 5.94. The SMILES string of the molecule is CC(C)(O)CC(=O)Nc1nc2cc(OC(F)F)c(C3CC3)cc2n1C1CCC1.C[C@](O)(CC(=O)Nc1nc2cc(OC(F)F)c(C3CC3)cc2n1C1CCC1)c1ccccc1. The number of nitrogens with zero attached hydrogens (tertiary/aromatic N) is 4. The average Bonchev–Trinajstić information content (AvgIpc) is 4.07. The van der Waals surface area contributed by atoms with Crippen LogP contribution in [0.15, 0.2) is 54.6 Å². The summed E-state index contributed by atoms with van der Waals surface area (Å²) in [5.74, 6) is 0.828. The number of fused-ring (bicyclic) bond motifs is 2. The Morgan fingerprint density at radius 2 is 1.11 bits per heavy atom. The number of ether oxygens (including phenoxy) is 2. The number of carbonyl (C=O) groups excluding carboxylic acids is 2. The predicted octanol–water partition coefficient (Wildman–Crippen LogP) is 9.82. The molecule has 12 nitrogen and oxygen atoms in total. The maximum Gasteiger partial charge on any atom is 0.387 e. The van der Waals surface area contributed by atoms with Gasteiger partial charge in [-0.25, -0.2) is 9.97 Å². The fourth-order valence-corrected chi connectivity index (χ4v) is 8.25. The van der Waals surface area contributed by atoms with Crippen molar-refractivity contribution in [2.75, 3.05) is 10.6 Å². The van der Waals surface area contributed by atoms with Crippen molar-refractivity contribution in [3.05, 3.63) is 71.3 Å². The summed E-state index contributed by atoms with van der Waals surface area (Å²) < 4.78 is 65.3. The monoisotopic (exact) mass is 848 g/mol. The number of amides is 2. The zero-order valence-corrected chi connectivity index (χ0v) is 34.5. The summed E-state index contributed by atoms with van der Waals surface area (Å²) in [6, 6.07) is 16.3. The standard InChI is InChI=1S/C25H27F2N3O3.C20H25F2N3O3/c1-25(32,16-6-3-2-4-7-16)14-22(31)29-24-28-19-13-21(33-23(26)27)18(15-10-11-15)12-20(19)30(24)17-8-5-9-17;1-20(2,27)10-17(26)24-19-23-14-9-16(28-18(21)22)13(11-6-7-11)8-15(14)25(19)12-4-3-5-12/h2-4,6-7,12-13,15,17,23,32H,5,8-11,14H2,1H3,(H,28,29,31);8-9,11-12,18,27H,3-7,10H2,1-2H3,(H,23,24,26)/t25-;/m0./s1. The highest BCUT2D eigenvalue weighted by atomic mass is 19.3. The van der Waals surface area contributed by atoms with Crippen LogP contribution in [0.3, 0.4) is 0 Å². The molecule has 16 heteroatoms. The zero-order valence-electron chi connectivity index (χ0n) is 34.5. The summed E-state index contributed by atoms with van der Waals surface area (Å²) in [6.07, 6.45) is 9.67. The molecule has 0 spiro atoms. The van der Waals surface area contributed by atoms with Gasteiger partial charge in [-0.1, -0.05) is 30.3 Å². The van der Waals surface area contributed by atoms with Crippen molar-refractivity contribution in [2.45, 2.75) is 146 Å². The molecule has 4 saturated carbocycles. The van der Waals surface area contributed by atoms with Gasteiger partial charge in [-0.3, -0.25) is 20.2 Å². The van der Waals surface area contributed by atoms with Crippen molar-refractivity contribution in [1.29, 1.82) is 0 Å². The van der Waals surface area contributed by atoms with Crippen molar-refractivity contribution >= 4 is 45.8 Å². The van der Waals surface area contributed by atoms with Gasteiger partial charge in [0.25, 0.3) is 0 Å². The van der Waals surface area contributed by atoms with Crippen molar-refractivity contribution in [1.82, 2.24) is 19.1 Å². The Hall–Kier alpha value is -5.22. The molecular formula is C45H52F4N6O6. The van der Waals surface area contributed by atoms with Gasteiger partial charge in [0.2, 0.25) is 23.7 Å². The van der Waals surface area contributed by atoms with E-state index in [-0.39, 0.29) is 60.1 Å². The van der Waals surface area contributed by atoms with Gasteiger partial charge in [0, 0.05) is 24.2 Å². The highest BCUT2D eigenvalue weighted by Crippen LogP contribution is 2.49. The lowest BCUT2D eigenvalue weighted by atomic mass is 9.92. The Labute approximate surface area is 350 Å². The number of hydrogen-bond acceptors (Lipinski definition) is 8. The molecule has 326 valence electrons. The summed E-state index contributed by atoms with van der Waals surface area (Å²) in [7, 11) is 0. The highest BCUT2D eigenvalue weighted by Gasteiger charge is 2.34. The fraction of sp³-hybridized carbons (Fsp3) is 0.511. The number of anilines is 2. The average molecular weight is 849 g/mol. The van der Waals surface area contributed by atoms with Crippen LogP contribution in [0.5, 0.6) is 11.5 Å². The van der Waals surface area contributed by atoms with Crippen LogP contribution in [-0.2, 0) is 15.2 Å². The van der Waals surface area contributed by atoms with E-state index in [1.807, 2.05) is 39.5 Å². The largest absolute Gasteiger partial charge is 0.434 e. The second kappa shape index (κ2) is 16.9. The van der Waals surface area contributed by atoms with Crippen LogP contribution in [0.1, 0.15) is 138 Å². The topological polar surface area (TPSA) is 153 Å². The molecule has 2 amide bonds. The molecule has 5 aromatic rings. The number of hydrogen-bond donors (Lipinski definition) is 4. The lowest BCUT2D eigenvalue weighted by Crippen LogP contribution is -2.30. The van der Waals surface area contributed by atoms with E-state index in [2.05, 4.69) is 20.6 Å². The van der Waals surface area contributed by atoms with E-state index in [1.54, 1.807) is 45.0 Å². The summed E-state index contributed by atoms with van der Waals surface area (Å²) in [5, 5.41) is 26.4. The van der Waals surface area contributed by atoms with Gasteiger partial charge in [0.1, 0.15) is 11.5 Å². The quantitative estimate of drug-likeness (QED) is 0.0760. The molecule has 4 aliphatic carbocycles. The third kappa shape index (κ3) is 9.80. The summed E-state index contributed by atoms with van der Waals surface area (Å²) >= 11 is 0. The molecule has 0 aliphatic heterocycles. The van der Waals surface area contributed by atoms with E-state index >= 15 is 0 Å². The number of carbonyl (C=O) groups is 2. The minimum Gasteiger partial charge on any atom is -0.434 e. The number of nitrogens with one attached hydrogen (secondary N) is 2. The van der Waals surface area contributed by atoms with Crippen LogP contribution >= 0.6 is 0 Å². The molecule has 1 atom stereocenters. The maximum absolute atomic E-state index is 13.0. The number of imidazole rings is 2. The molecule has 0 saturated heterocycles. The van der Waals surface area contributed by atoms with E-state index in [0.717, 1.165) is 86.4 Å². The van der Waals surface area contributed by atoms with E-state index in [1.165, 1.54) is 0 Å². The second-order valence-corrected chi connectivity index (χ2v) is 17.7. The normalized spacial score (nSPS) is 18.0. The van der Waals surface area contributed by atoms with Crippen molar-refractivity contribution in [2.24, 2.45) is 0 Å². The van der Waals surface area contributed by atoms with E-state index in [0.29, 0.717) is 28.5 Å². The molecule has 4 aliphatic rings. The minimum absolute atomic E-state index is 0.0616.